The minimum atomic E-state index is -3.98. The zero-order chi connectivity index (χ0) is 40.2. The Bertz CT molecular complexity index is 1730. The Kier molecular flexibility index (Phi) is 16.0. The predicted molar refractivity (Wildman–Crippen MR) is 203 cm³/mol. The summed E-state index contributed by atoms with van der Waals surface area (Å²) in [6.07, 6.45) is -4.34. The van der Waals surface area contributed by atoms with Crippen LogP contribution >= 0.6 is 15.0 Å². The third-order valence-electron chi connectivity index (χ3n) is 9.73. The monoisotopic (exact) mass is 858 g/mol. The molecular weight excluding hydrogens is 806 g/mol. The van der Waals surface area contributed by atoms with Crippen LogP contribution in [0, 0.1) is 17.1 Å². The van der Waals surface area contributed by atoms with E-state index in [2.05, 4.69) is 9.97 Å². The fourth-order valence-electron chi connectivity index (χ4n) is 6.81. The van der Waals surface area contributed by atoms with Crippen molar-refractivity contribution in [1.29, 1.82) is 5.26 Å². The molecule has 2 fully saturated rings. The number of rotatable bonds is 20. The van der Waals surface area contributed by atoms with Gasteiger partial charge in [0.1, 0.15) is 29.8 Å². The van der Waals surface area contributed by atoms with Crippen LogP contribution in [-0.2, 0) is 52.5 Å². The molecule has 54 heavy (non-hydrogen) atoms. The summed E-state index contributed by atoms with van der Waals surface area (Å²) in [5, 5.41) is 19.8. The fourth-order valence-corrected chi connectivity index (χ4v) is 19.3. The van der Waals surface area contributed by atoms with E-state index in [-0.39, 0.29) is 59.4 Å². The molecule has 23 heteroatoms. The van der Waals surface area contributed by atoms with Crippen molar-refractivity contribution in [2.45, 2.75) is 127 Å². The van der Waals surface area contributed by atoms with Gasteiger partial charge in [0.2, 0.25) is 0 Å². The maximum atomic E-state index is 15.5. The third-order valence-corrected chi connectivity index (χ3v) is 22.3. The van der Waals surface area contributed by atoms with E-state index in [1.807, 2.05) is 61.5 Å². The number of halogens is 1. The molecule has 306 valence electrons. The van der Waals surface area contributed by atoms with E-state index in [4.69, 9.17) is 47.9 Å². The smallest absolute Gasteiger partial charge is 0.335 e. The highest BCUT2D eigenvalue weighted by Gasteiger charge is 2.60. The summed E-state index contributed by atoms with van der Waals surface area (Å²) in [5.41, 5.74) is -1.81. The van der Waals surface area contributed by atoms with Crippen molar-refractivity contribution in [2.24, 2.45) is 0 Å². The number of aromatic amines is 1. The Morgan fingerprint density at radius 3 is 2.39 bits per heavy atom. The minimum absolute atomic E-state index is 0.0919. The molecule has 0 amide bonds. The van der Waals surface area contributed by atoms with Crippen molar-refractivity contribution < 1.29 is 59.9 Å². The van der Waals surface area contributed by atoms with Gasteiger partial charge in [-0.05, 0) is 34.0 Å². The molecule has 4 N–H and O–H groups in total. The summed E-state index contributed by atoms with van der Waals surface area (Å²) in [7, 11) is -10.4. The molecule has 4 heterocycles. The van der Waals surface area contributed by atoms with Crippen molar-refractivity contribution in [3.05, 3.63) is 28.7 Å². The normalized spacial score (nSPS) is 25.7. The molecule has 0 aromatic carbocycles. The van der Waals surface area contributed by atoms with Gasteiger partial charge in [0, 0.05) is 19.2 Å². The standard InChI is InChI=1S/C31H53FN4O13P2SSi2/c1-18(2)53(41,19(3)4)49-54(20(5)6,21(7)8)48-27-24(15-37)45-31(36-14-22(32)26-29(36)34-17-35-30(26)38)28(27)47-51(52,43-12-9-11-33)44-16-25-23(10-13-42-25)46-50(39)40/h14,17-21,23-25,27-28,31,37,41,50H,9-10,12-13,15-16H2,1-8H3,(H,39,40)(H,34,35,38)/t23?,24-,25?,27-,28-,31-,51?/m1/s1. The highest BCUT2D eigenvalue weighted by Crippen LogP contribution is 2.56. The number of nitriles is 1. The summed E-state index contributed by atoms with van der Waals surface area (Å²) in [4.78, 5) is 40.8. The summed E-state index contributed by atoms with van der Waals surface area (Å²) in [6, 6.07) is 1.98. The van der Waals surface area contributed by atoms with Gasteiger partial charge in [-0.2, -0.15) is 5.26 Å². The minimum Gasteiger partial charge on any atom is -0.414 e. The lowest BCUT2D eigenvalue weighted by molar-refractivity contribution is -0.0516. The van der Waals surface area contributed by atoms with E-state index in [1.165, 1.54) is 4.57 Å². The fraction of sp³-hybridized carbons (Fsp3) is 0.774. The molecule has 2 aliphatic rings. The molecular formula is C31H53FN4O13P2SSi2. The van der Waals surface area contributed by atoms with Crippen LogP contribution in [0.4, 0.5) is 4.39 Å². The lowest BCUT2D eigenvalue weighted by Crippen LogP contribution is -2.62. The van der Waals surface area contributed by atoms with E-state index in [0.29, 0.717) is 6.42 Å². The number of H-pyrrole nitrogens is 1. The van der Waals surface area contributed by atoms with Gasteiger partial charge in [0.25, 0.3) is 5.56 Å². The van der Waals surface area contributed by atoms with Gasteiger partial charge in [-0.15, -0.1) is 0 Å². The Labute approximate surface area is 322 Å². The Balaban J connectivity index is 1.86. The molecule has 2 aromatic rings. The molecule has 0 bridgehead atoms. The van der Waals surface area contributed by atoms with E-state index in [9.17, 15) is 29.4 Å². The second-order valence-electron chi connectivity index (χ2n) is 14.5. The summed E-state index contributed by atoms with van der Waals surface area (Å²) >= 11 is 5.92. The Morgan fingerprint density at radius 2 is 1.81 bits per heavy atom. The number of ether oxygens (including phenoxy) is 2. The molecule has 0 radical (unpaired) electrons. The van der Waals surface area contributed by atoms with Crippen LogP contribution < -0.4 is 5.56 Å². The van der Waals surface area contributed by atoms with Gasteiger partial charge in [-0.1, -0.05) is 55.4 Å². The van der Waals surface area contributed by atoms with Crippen LogP contribution in [0.15, 0.2) is 17.3 Å². The molecule has 4 rings (SSSR count). The molecule has 0 spiro atoms. The van der Waals surface area contributed by atoms with Crippen LogP contribution in [-0.4, -0.2) is 103 Å². The second kappa shape index (κ2) is 19.0. The summed E-state index contributed by atoms with van der Waals surface area (Å²) in [6.45, 7) is 10.5. The van der Waals surface area contributed by atoms with Crippen molar-refractivity contribution in [1.82, 2.24) is 14.5 Å². The van der Waals surface area contributed by atoms with Gasteiger partial charge in [-0.25, -0.2) is 9.37 Å². The Morgan fingerprint density at radius 1 is 1.15 bits per heavy atom. The highest BCUT2D eigenvalue weighted by molar-refractivity contribution is 8.07. The molecule has 2 aromatic heterocycles. The Hall–Kier alpha value is -1.29. The molecule has 2 aliphatic heterocycles. The largest absolute Gasteiger partial charge is 0.414 e. The van der Waals surface area contributed by atoms with Gasteiger partial charge >= 0.3 is 32.1 Å². The molecule has 8 atom stereocenters. The average molecular weight is 859 g/mol. The number of nitrogens with one attached hydrogen (secondary N) is 1. The van der Waals surface area contributed by atoms with Crippen molar-refractivity contribution in [3.63, 3.8) is 0 Å². The van der Waals surface area contributed by atoms with Crippen molar-refractivity contribution in [2.75, 3.05) is 26.4 Å². The van der Waals surface area contributed by atoms with E-state index >= 15 is 4.39 Å². The number of aliphatic hydroxyl groups excluding tert-OH is 1. The topological polar surface area (TPSA) is 226 Å². The van der Waals surface area contributed by atoms with Crippen LogP contribution in [0.3, 0.4) is 0 Å². The lowest BCUT2D eigenvalue weighted by Gasteiger charge is -2.47. The number of aliphatic hydroxyl groups is 1. The number of aromatic nitrogens is 3. The summed E-state index contributed by atoms with van der Waals surface area (Å²) < 4.78 is 78.3. The van der Waals surface area contributed by atoms with Crippen LogP contribution in [0.25, 0.3) is 11.0 Å². The van der Waals surface area contributed by atoms with E-state index in [1.54, 1.807) is 0 Å². The molecule has 4 unspecified atom stereocenters. The van der Waals surface area contributed by atoms with Crippen LogP contribution in [0.2, 0.25) is 22.2 Å². The molecule has 17 nitrogen and oxygen atoms in total. The predicted octanol–water partition coefficient (Wildman–Crippen LogP) is 4.78. The molecule has 2 saturated heterocycles. The van der Waals surface area contributed by atoms with Crippen molar-refractivity contribution in [3.8, 4) is 6.07 Å². The maximum Gasteiger partial charge on any atom is 0.335 e. The molecule has 0 saturated carbocycles. The van der Waals surface area contributed by atoms with Gasteiger partial charge in [0.15, 0.2) is 17.7 Å². The van der Waals surface area contributed by atoms with E-state index in [0.717, 1.165) is 12.5 Å². The zero-order valence-corrected chi connectivity index (χ0v) is 36.4. The van der Waals surface area contributed by atoms with Gasteiger partial charge < -0.3 is 55.9 Å². The number of fused-ring (bicyclic) bond motifs is 1. The molecule has 0 aliphatic carbocycles. The van der Waals surface area contributed by atoms with Gasteiger partial charge in [0.05, 0.1) is 44.7 Å². The first kappa shape index (κ1) is 45.4. The SMILES string of the molecule is CC(C)[Si](O)(O[Si](O[C@H]1[C@@H](OP(=S)(OCCC#N)OCC2OCCC2O[PH](=O)O)[C@H](n2cc(F)c3c(=O)[nH]cnc32)O[C@@H]1CO)(C(C)C)C(C)C)C(C)C. The lowest BCUT2D eigenvalue weighted by atomic mass is 10.1. The number of hydrogen-bond donors (Lipinski definition) is 4. The zero-order valence-electron chi connectivity index (χ0n) is 31.7. The van der Waals surface area contributed by atoms with Crippen LogP contribution in [0.1, 0.15) is 74.5 Å². The first-order valence-electron chi connectivity index (χ1n) is 17.9. The van der Waals surface area contributed by atoms with Gasteiger partial charge in [-0.3, -0.25) is 13.9 Å². The first-order chi connectivity index (χ1) is 25.3. The number of hydrogen-bond acceptors (Lipinski definition) is 15. The summed E-state index contributed by atoms with van der Waals surface area (Å²) in [5.74, 6) is -0.901. The quantitative estimate of drug-likeness (QED) is 0.0798. The highest BCUT2D eigenvalue weighted by atomic mass is 32.5. The van der Waals surface area contributed by atoms with E-state index < -0.39 is 86.8 Å². The maximum absolute atomic E-state index is 15.5. The van der Waals surface area contributed by atoms with Crippen LogP contribution in [0.5, 0.6) is 0 Å². The second-order valence-corrected chi connectivity index (χ2v) is 26.9. The average Bonchev–Trinajstić information content (AvgIpc) is 3.78. The third kappa shape index (κ3) is 9.87. The number of nitrogens with zero attached hydrogens (tertiary/aromatic N) is 3. The first-order valence-corrected chi connectivity index (χ1v) is 25.7. The van der Waals surface area contributed by atoms with Crippen molar-refractivity contribution >= 4 is 54.9 Å².